The van der Waals surface area contributed by atoms with E-state index in [0.29, 0.717) is 30.9 Å². The number of rotatable bonds is 9. The van der Waals surface area contributed by atoms with Crippen LogP contribution in [0.1, 0.15) is 49.0 Å². The molecule has 33 heavy (non-hydrogen) atoms. The van der Waals surface area contributed by atoms with E-state index in [-0.39, 0.29) is 29.4 Å². The molecule has 1 aliphatic heterocycles. The van der Waals surface area contributed by atoms with Crippen molar-refractivity contribution < 1.29 is 22.7 Å². The van der Waals surface area contributed by atoms with Crippen molar-refractivity contribution in [3.63, 3.8) is 0 Å². The molecule has 8 nitrogen and oxygen atoms in total. The molecule has 2 N–H and O–H groups in total. The Bertz CT molecular complexity index is 1050. The minimum absolute atomic E-state index is 0.0359. The van der Waals surface area contributed by atoms with Crippen LogP contribution in [0.4, 0.5) is 5.69 Å². The number of sulfonamides is 1. The van der Waals surface area contributed by atoms with Crippen molar-refractivity contribution in [3.05, 3.63) is 59.7 Å². The molecule has 0 spiro atoms. The summed E-state index contributed by atoms with van der Waals surface area (Å²) in [7, 11) is -3.71. The predicted octanol–water partition coefficient (Wildman–Crippen LogP) is 3.15. The number of carbonyl (C=O) groups excluding carboxylic acids is 2. The topological polar surface area (TPSA) is 105 Å². The SMILES string of the molecule is CCCOC1CCCN(C(=O)c2ccc(CNS(=O)(=O)c3ccc(NC(C)=O)cc3)cc2)C1. The van der Waals surface area contributed by atoms with Gasteiger partial charge in [0, 0.05) is 44.4 Å². The number of anilines is 1. The predicted molar refractivity (Wildman–Crippen MR) is 126 cm³/mol. The van der Waals surface area contributed by atoms with E-state index in [9.17, 15) is 18.0 Å². The Morgan fingerprint density at radius 2 is 1.79 bits per heavy atom. The first kappa shape index (κ1) is 24.9. The van der Waals surface area contributed by atoms with Gasteiger partial charge in [-0.3, -0.25) is 9.59 Å². The van der Waals surface area contributed by atoms with Gasteiger partial charge in [0.25, 0.3) is 5.91 Å². The molecule has 0 aliphatic carbocycles. The Hall–Kier alpha value is -2.75. The molecule has 1 unspecified atom stereocenters. The van der Waals surface area contributed by atoms with Crippen molar-refractivity contribution in [2.45, 2.75) is 50.7 Å². The number of nitrogens with one attached hydrogen (secondary N) is 2. The molecule has 9 heteroatoms. The minimum atomic E-state index is -3.71. The molecule has 1 saturated heterocycles. The molecule has 1 aliphatic rings. The molecule has 2 aromatic carbocycles. The highest BCUT2D eigenvalue weighted by Crippen LogP contribution is 2.18. The summed E-state index contributed by atoms with van der Waals surface area (Å²) in [6.45, 7) is 5.57. The van der Waals surface area contributed by atoms with Gasteiger partial charge >= 0.3 is 0 Å². The number of ether oxygens (including phenoxy) is 1. The molecular formula is C24H31N3O5S. The van der Waals surface area contributed by atoms with Gasteiger partial charge < -0.3 is 15.0 Å². The Morgan fingerprint density at radius 1 is 1.09 bits per heavy atom. The number of piperidine rings is 1. The van der Waals surface area contributed by atoms with E-state index in [1.165, 1.54) is 31.2 Å². The van der Waals surface area contributed by atoms with E-state index in [0.717, 1.165) is 24.8 Å². The van der Waals surface area contributed by atoms with E-state index in [2.05, 4.69) is 17.0 Å². The number of hydrogen-bond donors (Lipinski definition) is 2. The van der Waals surface area contributed by atoms with Gasteiger partial charge in [0.15, 0.2) is 0 Å². The normalized spacial score (nSPS) is 16.4. The Morgan fingerprint density at radius 3 is 2.42 bits per heavy atom. The van der Waals surface area contributed by atoms with Crippen molar-refractivity contribution in [3.8, 4) is 0 Å². The van der Waals surface area contributed by atoms with E-state index >= 15 is 0 Å². The third-order valence-corrected chi connectivity index (χ3v) is 6.79. The molecule has 2 aromatic rings. The number of amides is 2. The molecule has 3 rings (SSSR count). The number of hydrogen-bond acceptors (Lipinski definition) is 5. The maximum Gasteiger partial charge on any atom is 0.253 e. The number of likely N-dealkylation sites (tertiary alicyclic amines) is 1. The highest BCUT2D eigenvalue weighted by Gasteiger charge is 2.24. The van der Waals surface area contributed by atoms with Crippen LogP contribution < -0.4 is 10.0 Å². The maximum atomic E-state index is 12.9. The van der Waals surface area contributed by atoms with Gasteiger partial charge in [-0.25, -0.2) is 13.1 Å². The summed E-state index contributed by atoms with van der Waals surface area (Å²) in [6.07, 6.45) is 2.94. The van der Waals surface area contributed by atoms with E-state index < -0.39 is 10.0 Å². The second-order valence-corrected chi connectivity index (χ2v) is 9.88. The first-order valence-corrected chi connectivity index (χ1v) is 12.6. The van der Waals surface area contributed by atoms with E-state index in [1.54, 1.807) is 24.3 Å². The summed E-state index contributed by atoms with van der Waals surface area (Å²) in [5.41, 5.74) is 1.85. The Labute approximate surface area is 195 Å². The lowest BCUT2D eigenvalue weighted by Gasteiger charge is -2.32. The molecule has 178 valence electrons. The van der Waals surface area contributed by atoms with Crippen LogP contribution in [0.15, 0.2) is 53.4 Å². The maximum absolute atomic E-state index is 12.9. The van der Waals surface area contributed by atoms with Gasteiger partial charge in [-0.1, -0.05) is 19.1 Å². The summed E-state index contributed by atoms with van der Waals surface area (Å²) < 4.78 is 33.5. The molecule has 0 aromatic heterocycles. The van der Waals surface area contributed by atoms with Gasteiger partial charge in [0.05, 0.1) is 11.0 Å². The van der Waals surface area contributed by atoms with Crippen molar-refractivity contribution >= 4 is 27.5 Å². The zero-order valence-corrected chi connectivity index (χ0v) is 19.9. The first-order valence-electron chi connectivity index (χ1n) is 11.2. The van der Waals surface area contributed by atoms with Crippen LogP contribution in [0, 0.1) is 0 Å². The number of nitrogens with zero attached hydrogens (tertiary/aromatic N) is 1. The fourth-order valence-electron chi connectivity index (χ4n) is 3.67. The fraction of sp³-hybridized carbons (Fsp3) is 0.417. The van der Waals surface area contributed by atoms with Crippen LogP contribution in [0.5, 0.6) is 0 Å². The average Bonchev–Trinajstić information content (AvgIpc) is 2.81. The summed E-state index contributed by atoms with van der Waals surface area (Å²) >= 11 is 0. The largest absolute Gasteiger partial charge is 0.376 e. The number of carbonyl (C=O) groups is 2. The summed E-state index contributed by atoms with van der Waals surface area (Å²) in [5.74, 6) is -0.262. The molecule has 1 fully saturated rings. The molecule has 1 atom stereocenters. The van der Waals surface area contributed by atoms with Gasteiger partial charge in [0.2, 0.25) is 15.9 Å². The van der Waals surface area contributed by atoms with Crippen LogP contribution in [-0.2, 0) is 26.1 Å². The summed E-state index contributed by atoms with van der Waals surface area (Å²) in [6, 6.07) is 12.9. The van der Waals surface area contributed by atoms with Gasteiger partial charge in [-0.15, -0.1) is 0 Å². The average molecular weight is 474 g/mol. The van der Waals surface area contributed by atoms with Crippen molar-refractivity contribution in [2.75, 3.05) is 25.0 Å². The summed E-state index contributed by atoms with van der Waals surface area (Å²) in [5, 5.41) is 2.60. The molecular weight excluding hydrogens is 442 g/mol. The zero-order valence-electron chi connectivity index (χ0n) is 19.0. The third-order valence-electron chi connectivity index (χ3n) is 5.38. The van der Waals surface area contributed by atoms with E-state index in [4.69, 9.17) is 4.74 Å². The van der Waals surface area contributed by atoms with Crippen molar-refractivity contribution in [2.24, 2.45) is 0 Å². The van der Waals surface area contributed by atoms with Crippen molar-refractivity contribution in [1.82, 2.24) is 9.62 Å². The van der Waals surface area contributed by atoms with Crippen LogP contribution >= 0.6 is 0 Å². The highest BCUT2D eigenvalue weighted by atomic mass is 32.2. The van der Waals surface area contributed by atoms with Crippen molar-refractivity contribution in [1.29, 1.82) is 0 Å². The lowest BCUT2D eigenvalue weighted by molar-refractivity contribution is -0.114. The second kappa shape index (κ2) is 11.4. The minimum Gasteiger partial charge on any atom is -0.376 e. The van der Waals surface area contributed by atoms with Crippen LogP contribution in [0.25, 0.3) is 0 Å². The lowest BCUT2D eigenvalue weighted by atomic mass is 10.1. The lowest BCUT2D eigenvalue weighted by Crippen LogP contribution is -2.43. The molecule has 0 radical (unpaired) electrons. The molecule has 2 amide bonds. The Balaban J connectivity index is 1.56. The number of benzene rings is 2. The zero-order chi connectivity index (χ0) is 23.8. The van der Waals surface area contributed by atoms with Crippen LogP contribution in [-0.4, -0.2) is 50.9 Å². The van der Waals surface area contributed by atoms with E-state index in [1.807, 2.05) is 4.90 Å². The first-order chi connectivity index (χ1) is 15.8. The van der Waals surface area contributed by atoms with Crippen LogP contribution in [0.3, 0.4) is 0 Å². The quantitative estimate of drug-likeness (QED) is 0.582. The fourth-order valence-corrected chi connectivity index (χ4v) is 4.69. The standard InChI is InChI=1S/C24H31N3O5S/c1-3-15-32-22-5-4-14-27(17-22)24(29)20-8-6-19(7-9-20)16-25-33(30,31)23-12-10-21(11-13-23)26-18(2)28/h6-13,22,25H,3-5,14-17H2,1-2H3,(H,26,28). The van der Waals surface area contributed by atoms with Gasteiger partial charge in [0.1, 0.15) is 0 Å². The monoisotopic (exact) mass is 473 g/mol. The highest BCUT2D eigenvalue weighted by molar-refractivity contribution is 7.89. The molecule has 1 heterocycles. The summed E-state index contributed by atoms with van der Waals surface area (Å²) in [4.78, 5) is 25.9. The van der Waals surface area contributed by atoms with Crippen LogP contribution in [0.2, 0.25) is 0 Å². The molecule has 0 bridgehead atoms. The smallest absolute Gasteiger partial charge is 0.253 e. The van der Waals surface area contributed by atoms with Gasteiger partial charge in [-0.2, -0.15) is 0 Å². The third kappa shape index (κ3) is 7.12. The van der Waals surface area contributed by atoms with Gasteiger partial charge in [-0.05, 0) is 61.2 Å². The molecule has 0 saturated carbocycles. The Kier molecular flexibility index (Phi) is 8.60. The second-order valence-electron chi connectivity index (χ2n) is 8.11.